The van der Waals surface area contributed by atoms with E-state index in [1.54, 1.807) is 12.1 Å². The Bertz CT molecular complexity index is 569. The van der Waals surface area contributed by atoms with E-state index in [2.05, 4.69) is 15.6 Å². The number of urea groups is 1. The summed E-state index contributed by atoms with van der Waals surface area (Å²) in [6.45, 7) is 2.49. The fraction of sp³-hybridized carbons (Fsp3) is 0.143. The second kappa shape index (κ2) is 6.20. The van der Waals surface area contributed by atoms with Gasteiger partial charge in [0.1, 0.15) is 5.82 Å². The monoisotopic (exact) mass is 275 g/mol. The highest BCUT2D eigenvalue weighted by Crippen LogP contribution is 2.09. The first kappa shape index (κ1) is 13.4. The molecule has 0 unspecified atom stereocenters. The van der Waals surface area contributed by atoms with Crippen LogP contribution < -0.4 is 10.6 Å². The van der Waals surface area contributed by atoms with Crippen molar-refractivity contribution >= 4 is 23.4 Å². The van der Waals surface area contributed by atoms with Crippen LogP contribution in [0.2, 0.25) is 5.02 Å². The molecule has 2 N–H and O–H groups in total. The van der Waals surface area contributed by atoms with Crippen LogP contribution in [0.4, 0.5) is 10.6 Å². The lowest BCUT2D eigenvalue weighted by Crippen LogP contribution is -2.28. The summed E-state index contributed by atoms with van der Waals surface area (Å²) in [6.07, 6.45) is 1.48. The van der Waals surface area contributed by atoms with Crippen LogP contribution in [0.25, 0.3) is 0 Å². The number of anilines is 1. The Morgan fingerprint density at radius 1 is 1.26 bits per heavy atom. The summed E-state index contributed by atoms with van der Waals surface area (Å²) in [5.41, 5.74) is 2.23. The van der Waals surface area contributed by atoms with E-state index in [1.165, 1.54) is 6.20 Å². The Morgan fingerprint density at radius 2 is 2.05 bits per heavy atom. The predicted molar refractivity (Wildman–Crippen MR) is 76.3 cm³/mol. The van der Waals surface area contributed by atoms with Crippen LogP contribution in [0.15, 0.2) is 42.6 Å². The SMILES string of the molecule is Cc1ccccc1CNC(=O)Nc1ccc(Cl)cn1. The van der Waals surface area contributed by atoms with Crippen LogP contribution in [0, 0.1) is 6.92 Å². The van der Waals surface area contributed by atoms with E-state index in [4.69, 9.17) is 11.6 Å². The largest absolute Gasteiger partial charge is 0.334 e. The first-order chi connectivity index (χ1) is 9.15. The van der Waals surface area contributed by atoms with Crippen LogP contribution in [-0.2, 0) is 6.54 Å². The minimum Gasteiger partial charge on any atom is -0.334 e. The van der Waals surface area contributed by atoms with E-state index in [-0.39, 0.29) is 6.03 Å². The number of carbonyl (C=O) groups is 1. The number of benzene rings is 1. The number of halogens is 1. The lowest BCUT2D eigenvalue weighted by molar-refractivity contribution is 0.251. The third-order valence-electron chi connectivity index (χ3n) is 2.67. The first-order valence-electron chi connectivity index (χ1n) is 5.86. The molecular weight excluding hydrogens is 262 g/mol. The van der Waals surface area contributed by atoms with E-state index < -0.39 is 0 Å². The molecule has 0 radical (unpaired) electrons. The van der Waals surface area contributed by atoms with Gasteiger partial charge in [-0.25, -0.2) is 9.78 Å². The van der Waals surface area contributed by atoms with Crippen LogP contribution in [0.1, 0.15) is 11.1 Å². The average Bonchev–Trinajstić information content (AvgIpc) is 2.40. The Morgan fingerprint density at radius 3 is 2.74 bits per heavy atom. The van der Waals surface area contributed by atoms with Crippen molar-refractivity contribution in [1.29, 1.82) is 0 Å². The predicted octanol–water partition coefficient (Wildman–Crippen LogP) is 3.37. The van der Waals surface area contributed by atoms with Crippen LogP contribution in [-0.4, -0.2) is 11.0 Å². The maximum absolute atomic E-state index is 11.7. The molecule has 0 bridgehead atoms. The Balaban J connectivity index is 1.88. The Hall–Kier alpha value is -2.07. The van der Waals surface area contributed by atoms with Gasteiger partial charge < -0.3 is 5.32 Å². The molecule has 2 rings (SSSR count). The standard InChI is InChI=1S/C14H14ClN3O/c1-10-4-2-3-5-11(10)8-17-14(19)18-13-7-6-12(15)9-16-13/h2-7,9H,8H2,1H3,(H2,16,17,18,19). The van der Waals surface area contributed by atoms with E-state index in [0.29, 0.717) is 17.4 Å². The van der Waals surface area contributed by atoms with Gasteiger partial charge in [-0.05, 0) is 30.2 Å². The lowest BCUT2D eigenvalue weighted by atomic mass is 10.1. The van der Waals surface area contributed by atoms with Crippen molar-refractivity contribution in [2.45, 2.75) is 13.5 Å². The summed E-state index contributed by atoms with van der Waals surface area (Å²) in [4.78, 5) is 15.7. The number of carbonyl (C=O) groups excluding carboxylic acids is 1. The highest BCUT2D eigenvalue weighted by atomic mass is 35.5. The van der Waals surface area contributed by atoms with Crippen molar-refractivity contribution in [2.75, 3.05) is 5.32 Å². The van der Waals surface area contributed by atoms with Crippen LogP contribution >= 0.6 is 11.6 Å². The van der Waals surface area contributed by atoms with Crippen molar-refractivity contribution < 1.29 is 4.79 Å². The number of hydrogen-bond donors (Lipinski definition) is 2. The number of rotatable bonds is 3. The van der Waals surface area contributed by atoms with Gasteiger partial charge in [-0.3, -0.25) is 5.32 Å². The Kier molecular flexibility index (Phi) is 4.36. The normalized spacial score (nSPS) is 10.0. The molecule has 2 amide bonds. The molecule has 2 aromatic rings. The quantitative estimate of drug-likeness (QED) is 0.902. The lowest BCUT2D eigenvalue weighted by Gasteiger charge is -2.08. The molecule has 0 fully saturated rings. The van der Waals surface area contributed by atoms with E-state index >= 15 is 0 Å². The number of hydrogen-bond acceptors (Lipinski definition) is 2. The molecule has 1 aromatic carbocycles. The molecule has 19 heavy (non-hydrogen) atoms. The van der Waals surface area contributed by atoms with Crippen LogP contribution in [0.3, 0.4) is 0 Å². The third kappa shape index (κ3) is 3.96. The summed E-state index contributed by atoms with van der Waals surface area (Å²) < 4.78 is 0. The molecule has 0 aliphatic heterocycles. The van der Waals surface area contributed by atoms with Crippen molar-refractivity contribution in [3.63, 3.8) is 0 Å². The van der Waals surface area contributed by atoms with E-state index in [0.717, 1.165) is 11.1 Å². The van der Waals surface area contributed by atoms with Gasteiger partial charge in [0.25, 0.3) is 0 Å². The summed E-state index contributed by atoms with van der Waals surface area (Å²) in [6, 6.07) is 10.9. The molecule has 4 nitrogen and oxygen atoms in total. The summed E-state index contributed by atoms with van der Waals surface area (Å²) >= 11 is 5.72. The summed E-state index contributed by atoms with van der Waals surface area (Å²) in [5.74, 6) is 0.465. The molecule has 98 valence electrons. The van der Waals surface area contributed by atoms with Crippen molar-refractivity contribution in [3.05, 3.63) is 58.7 Å². The van der Waals surface area contributed by atoms with Crippen molar-refractivity contribution in [3.8, 4) is 0 Å². The molecule has 0 aliphatic carbocycles. The second-order valence-corrected chi connectivity index (χ2v) is 4.53. The van der Waals surface area contributed by atoms with Gasteiger partial charge in [0.2, 0.25) is 0 Å². The number of nitrogens with zero attached hydrogens (tertiary/aromatic N) is 1. The number of nitrogens with one attached hydrogen (secondary N) is 2. The van der Waals surface area contributed by atoms with Crippen molar-refractivity contribution in [2.24, 2.45) is 0 Å². The summed E-state index contributed by atoms with van der Waals surface area (Å²) in [7, 11) is 0. The van der Waals surface area contributed by atoms with Gasteiger partial charge in [-0.15, -0.1) is 0 Å². The maximum atomic E-state index is 11.7. The molecule has 0 saturated heterocycles. The third-order valence-corrected chi connectivity index (χ3v) is 2.89. The molecule has 0 saturated carbocycles. The fourth-order valence-corrected chi connectivity index (χ4v) is 1.71. The number of amides is 2. The van der Waals surface area contributed by atoms with Gasteiger partial charge in [-0.2, -0.15) is 0 Å². The highest BCUT2D eigenvalue weighted by Gasteiger charge is 2.03. The molecule has 1 heterocycles. The summed E-state index contributed by atoms with van der Waals surface area (Å²) in [5, 5.41) is 5.95. The molecule has 5 heteroatoms. The van der Waals surface area contributed by atoms with Gasteiger partial charge in [0.05, 0.1) is 5.02 Å². The average molecular weight is 276 g/mol. The number of pyridine rings is 1. The fourth-order valence-electron chi connectivity index (χ4n) is 1.59. The van der Waals surface area contributed by atoms with Crippen molar-refractivity contribution in [1.82, 2.24) is 10.3 Å². The zero-order chi connectivity index (χ0) is 13.7. The van der Waals surface area contributed by atoms with E-state index in [1.807, 2.05) is 31.2 Å². The molecule has 0 spiro atoms. The zero-order valence-electron chi connectivity index (χ0n) is 10.5. The highest BCUT2D eigenvalue weighted by molar-refractivity contribution is 6.30. The molecule has 0 atom stereocenters. The molecule has 1 aromatic heterocycles. The van der Waals surface area contributed by atoms with Gasteiger partial charge in [0, 0.05) is 12.7 Å². The van der Waals surface area contributed by atoms with E-state index in [9.17, 15) is 4.79 Å². The minimum atomic E-state index is -0.293. The maximum Gasteiger partial charge on any atom is 0.320 e. The topological polar surface area (TPSA) is 54.0 Å². The minimum absolute atomic E-state index is 0.293. The number of aromatic nitrogens is 1. The van der Waals surface area contributed by atoms with Gasteiger partial charge >= 0.3 is 6.03 Å². The van der Waals surface area contributed by atoms with Gasteiger partial charge in [0.15, 0.2) is 0 Å². The first-order valence-corrected chi connectivity index (χ1v) is 6.24. The second-order valence-electron chi connectivity index (χ2n) is 4.10. The molecule has 0 aliphatic rings. The number of aryl methyl sites for hydroxylation is 1. The van der Waals surface area contributed by atoms with Crippen LogP contribution in [0.5, 0.6) is 0 Å². The smallest absolute Gasteiger partial charge is 0.320 e. The molecular formula is C14H14ClN3O. The van der Waals surface area contributed by atoms with Gasteiger partial charge in [-0.1, -0.05) is 35.9 Å². The zero-order valence-corrected chi connectivity index (χ0v) is 11.2. The Labute approximate surface area is 116 Å².